The molecule has 1 aromatic heterocycles. The van der Waals surface area contributed by atoms with E-state index in [9.17, 15) is 0 Å². The Labute approximate surface area is 106 Å². The van der Waals surface area contributed by atoms with Crippen LogP contribution in [0.1, 0.15) is 36.7 Å². The Balaban J connectivity index is 1.94. The Morgan fingerprint density at radius 2 is 2.00 bits per heavy atom. The van der Waals surface area contributed by atoms with Gasteiger partial charge in [-0.3, -0.25) is 0 Å². The molecule has 2 N–H and O–H groups in total. The summed E-state index contributed by atoms with van der Waals surface area (Å²) in [5, 5.41) is 7.59. The Morgan fingerprint density at radius 3 is 2.56 bits per heavy atom. The Hall–Kier alpha value is -1.88. The zero-order valence-corrected chi connectivity index (χ0v) is 10.6. The van der Waals surface area contributed by atoms with E-state index >= 15 is 0 Å². The number of ether oxygens (including phenoxy) is 1. The average Bonchev–Trinajstić information content (AvgIpc) is 2.82. The van der Waals surface area contributed by atoms with Crippen LogP contribution in [0.5, 0.6) is 5.75 Å². The van der Waals surface area contributed by atoms with Crippen LogP contribution in [0.15, 0.2) is 28.7 Å². The van der Waals surface area contributed by atoms with Crippen molar-refractivity contribution in [1.29, 1.82) is 0 Å². The number of nitrogens with zero attached hydrogens (tertiary/aromatic N) is 2. The van der Waals surface area contributed by atoms with Crippen LogP contribution in [0.4, 0.5) is 0 Å². The number of benzene rings is 1. The molecule has 0 saturated carbocycles. The van der Waals surface area contributed by atoms with Gasteiger partial charge in [-0.05, 0) is 24.1 Å². The average molecular weight is 247 g/mol. The van der Waals surface area contributed by atoms with Gasteiger partial charge in [-0.15, -0.1) is 10.2 Å². The standard InChI is InChI=1S/C13H17N3O2/c1-3-12(14)10-4-6-11(7-5-10)17-8-13-16-15-9(2)18-13/h4-7,12H,3,8,14H2,1-2H3. The summed E-state index contributed by atoms with van der Waals surface area (Å²) in [4.78, 5) is 0. The molecule has 1 atom stereocenters. The topological polar surface area (TPSA) is 74.2 Å². The lowest BCUT2D eigenvalue weighted by atomic mass is 10.1. The second-order valence-corrected chi connectivity index (χ2v) is 4.09. The van der Waals surface area contributed by atoms with Gasteiger partial charge in [-0.25, -0.2) is 0 Å². The van der Waals surface area contributed by atoms with E-state index in [-0.39, 0.29) is 12.6 Å². The molecule has 5 heteroatoms. The van der Waals surface area contributed by atoms with Crippen molar-refractivity contribution in [3.63, 3.8) is 0 Å². The number of hydrogen-bond acceptors (Lipinski definition) is 5. The minimum atomic E-state index is 0.0811. The predicted molar refractivity (Wildman–Crippen MR) is 67.0 cm³/mol. The summed E-state index contributed by atoms with van der Waals surface area (Å²) in [6.07, 6.45) is 0.918. The molecule has 1 unspecified atom stereocenters. The van der Waals surface area contributed by atoms with Gasteiger partial charge in [-0.2, -0.15) is 0 Å². The highest BCUT2D eigenvalue weighted by Crippen LogP contribution is 2.18. The van der Waals surface area contributed by atoms with Gasteiger partial charge in [0.1, 0.15) is 5.75 Å². The summed E-state index contributed by atoms with van der Waals surface area (Å²) >= 11 is 0. The molecule has 18 heavy (non-hydrogen) atoms. The van der Waals surface area contributed by atoms with Gasteiger partial charge in [0, 0.05) is 13.0 Å². The monoisotopic (exact) mass is 247 g/mol. The van der Waals surface area contributed by atoms with E-state index in [0.717, 1.165) is 17.7 Å². The maximum absolute atomic E-state index is 5.94. The van der Waals surface area contributed by atoms with Crippen molar-refractivity contribution in [3.8, 4) is 5.75 Å². The lowest BCUT2D eigenvalue weighted by Crippen LogP contribution is -2.08. The van der Waals surface area contributed by atoms with Crippen molar-refractivity contribution in [2.45, 2.75) is 32.9 Å². The van der Waals surface area contributed by atoms with Crippen LogP contribution in [0.25, 0.3) is 0 Å². The highest BCUT2D eigenvalue weighted by Gasteiger charge is 2.05. The second-order valence-electron chi connectivity index (χ2n) is 4.09. The molecule has 0 bridgehead atoms. The van der Waals surface area contributed by atoms with Crippen LogP contribution in [0.2, 0.25) is 0 Å². The third-order valence-corrected chi connectivity index (χ3v) is 2.68. The largest absolute Gasteiger partial charge is 0.484 e. The van der Waals surface area contributed by atoms with Crippen LogP contribution in [-0.4, -0.2) is 10.2 Å². The second kappa shape index (κ2) is 5.64. The maximum atomic E-state index is 5.94. The van der Waals surface area contributed by atoms with E-state index in [1.165, 1.54) is 0 Å². The Kier molecular flexibility index (Phi) is 3.94. The van der Waals surface area contributed by atoms with Crippen molar-refractivity contribution in [1.82, 2.24) is 10.2 Å². The van der Waals surface area contributed by atoms with Gasteiger partial charge in [0.15, 0.2) is 6.61 Å². The van der Waals surface area contributed by atoms with Gasteiger partial charge in [0.05, 0.1) is 0 Å². The summed E-state index contributed by atoms with van der Waals surface area (Å²) in [5.74, 6) is 1.78. The smallest absolute Gasteiger partial charge is 0.253 e. The zero-order chi connectivity index (χ0) is 13.0. The van der Waals surface area contributed by atoms with Gasteiger partial charge in [0.2, 0.25) is 5.89 Å². The van der Waals surface area contributed by atoms with E-state index in [4.69, 9.17) is 14.9 Å². The molecule has 0 saturated heterocycles. The molecule has 1 aromatic carbocycles. The lowest BCUT2D eigenvalue weighted by molar-refractivity contribution is 0.260. The molecule has 1 heterocycles. The molecule has 2 rings (SSSR count). The summed E-state index contributed by atoms with van der Waals surface area (Å²) < 4.78 is 10.8. The molecule has 5 nitrogen and oxygen atoms in total. The molecule has 0 aliphatic rings. The van der Waals surface area contributed by atoms with Crippen molar-refractivity contribution >= 4 is 0 Å². The van der Waals surface area contributed by atoms with Crippen LogP contribution >= 0.6 is 0 Å². The van der Waals surface area contributed by atoms with Crippen LogP contribution < -0.4 is 10.5 Å². The highest BCUT2D eigenvalue weighted by atomic mass is 16.5. The Morgan fingerprint density at radius 1 is 1.28 bits per heavy atom. The summed E-state index contributed by atoms with van der Waals surface area (Å²) in [7, 11) is 0. The molecule has 0 aliphatic heterocycles. The summed E-state index contributed by atoms with van der Waals surface area (Å²) in [6.45, 7) is 4.09. The van der Waals surface area contributed by atoms with Crippen molar-refractivity contribution < 1.29 is 9.15 Å². The third kappa shape index (κ3) is 3.07. The first-order valence-corrected chi connectivity index (χ1v) is 5.96. The minimum Gasteiger partial charge on any atom is -0.484 e. The molecule has 0 spiro atoms. The van der Waals surface area contributed by atoms with E-state index in [1.807, 2.05) is 24.3 Å². The SMILES string of the molecule is CCC(N)c1ccc(OCc2nnc(C)o2)cc1. The summed E-state index contributed by atoms with van der Waals surface area (Å²) in [5.41, 5.74) is 7.05. The lowest BCUT2D eigenvalue weighted by Gasteiger charge is -2.10. The fraction of sp³-hybridized carbons (Fsp3) is 0.385. The van der Waals surface area contributed by atoms with Crippen molar-refractivity contribution in [2.24, 2.45) is 5.73 Å². The number of hydrogen-bond donors (Lipinski definition) is 1. The van der Waals surface area contributed by atoms with E-state index < -0.39 is 0 Å². The van der Waals surface area contributed by atoms with Crippen LogP contribution in [0.3, 0.4) is 0 Å². The van der Waals surface area contributed by atoms with Crippen LogP contribution in [0, 0.1) is 6.92 Å². The van der Waals surface area contributed by atoms with Gasteiger partial charge < -0.3 is 14.9 Å². The molecule has 0 amide bonds. The van der Waals surface area contributed by atoms with E-state index in [1.54, 1.807) is 6.92 Å². The predicted octanol–water partition coefficient (Wildman–Crippen LogP) is 2.37. The first kappa shape index (κ1) is 12.6. The third-order valence-electron chi connectivity index (χ3n) is 2.68. The fourth-order valence-electron chi connectivity index (χ4n) is 1.59. The molecular formula is C13H17N3O2. The number of aryl methyl sites for hydroxylation is 1. The fourth-order valence-corrected chi connectivity index (χ4v) is 1.59. The van der Waals surface area contributed by atoms with Gasteiger partial charge >= 0.3 is 0 Å². The number of aromatic nitrogens is 2. The molecule has 96 valence electrons. The molecule has 0 fully saturated rings. The van der Waals surface area contributed by atoms with E-state index in [0.29, 0.717) is 11.8 Å². The Bertz CT molecular complexity index is 493. The van der Waals surface area contributed by atoms with Crippen molar-refractivity contribution in [2.75, 3.05) is 0 Å². The highest BCUT2D eigenvalue weighted by molar-refractivity contribution is 5.28. The van der Waals surface area contributed by atoms with Gasteiger partial charge in [0.25, 0.3) is 5.89 Å². The minimum absolute atomic E-state index is 0.0811. The van der Waals surface area contributed by atoms with Crippen molar-refractivity contribution in [3.05, 3.63) is 41.6 Å². The first-order chi connectivity index (χ1) is 8.69. The normalized spacial score (nSPS) is 12.4. The molecule has 0 radical (unpaired) electrons. The quantitative estimate of drug-likeness (QED) is 0.877. The van der Waals surface area contributed by atoms with Gasteiger partial charge in [-0.1, -0.05) is 19.1 Å². The van der Waals surface area contributed by atoms with E-state index in [2.05, 4.69) is 17.1 Å². The number of rotatable bonds is 5. The maximum Gasteiger partial charge on any atom is 0.253 e. The first-order valence-electron chi connectivity index (χ1n) is 5.96. The zero-order valence-electron chi connectivity index (χ0n) is 10.6. The summed E-state index contributed by atoms with van der Waals surface area (Å²) in [6, 6.07) is 7.82. The molecular weight excluding hydrogens is 230 g/mol. The number of nitrogens with two attached hydrogens (primary N) is 1. The van der Waals surface area contributed by atoms with Crippen LogP contribution in [-0.2, 0) is 6.61 Å². The molecule has 2 aromatic rings. The molecule has 0 aliphatic carbocycles.